The number of benzene rings is 2. The predicted molar refractivity (Wildman–Crippen MR) is 128 cm³/mol. The van der Waals surface area contributed by atoms with Crippen LogP contribution in [0, 0.1) is 0 Å². The van der Waals surface area contributed by atoms with Crippen LogP contribution >= 0.6 is 23.7 Å². The highest BCUT2D eigenvalue weighted by molar-refractivity contribution is 7.17. The van der Waals surface area contributed by atoms with Crippen LogP contribution in [0.4, 0.5) is 5.69 Å². The van der Waals surface area contributed by atoms with Gasteiger partial charge in [0.1, 0.15) is 0 Å². The fourth-order valence-electron chi connectivity index (χ4n) is 4.14. The molecule has 0 bridgehead atoms. The van der Waals surface area contributed by atoms with E-state index >= 15 is 0 Å². The Morgan fingerprint density at radius 2 is 1.77 bits per heavy atom. The van der Waals surface area contributed by atoms with Crippen molar-refractivity contribution in [3.05, 3.63) is 71.7 Å². The average molecular weight is 438 g/mol. The molecule has 0 unspecified atom stereocenters. The van der Waals surface area contributed by atoms with E-state index in [1.807, 2.05) is 29.8 Å². The van der Waals surface area contributed by atoms with Crippen LogP contribution in [0.3, 0.4) is 0 Å². The topological polar surface area (TPSA) is 36.4 Å². The van der Waals surface area contributed by atoms with Gasteiger partial charge in [-0.15, -0.1) is 23.7 Å². The Hall–Kier alpha value is -2.47. The van der Waals surface area contributed by atoms with Crippen LogP contribution < -0.4 is 4.90 Å². The second-order valence-corrected chi connectivity index (χ2v) is 8.41. The lowest BCUT2D eigenvalue weighted by atomic mass is 10.1. The van der Waals surface area contributed by atoms with Gasteiger partial charge in [-0.05, 0) is 18.2 Å². The summed E-state index contributed by atoms with van der Waals surface area (Å²) >= 11 is 1.66. The molecule has 154 valence electrons. The number of carbonyl (C=O) groups is 1. The molecule has 0 atom stereocenters. The van der Waals surface area contributed by atoms with Crippen molar-refractivity contribution >= 4 is 56.2 Å². The summed E-state index contributed by atoms with van der Waals surface area (Å²) in [7, 11) is 0. The molecule has 1 fully saturated rings. The number of hydrogen-bond acceptors (Lipinski definition) is 5. The molecule has 0 radical (unpaired) electrons. The summed E-state index contributed by atoms with van der Waals surface area (Å²) in [5, 5.41) is 4.29. The molecule has 0 aliphatic carbocycles. The number of hydrogen-bond donors (Lipinski definition) is 0. The van der Waals surface area contributed by atoms with Crippen LogP contribution in [0.15, 0.2) is 66.2 Å². The van der Waals surface area contributed by atoms with Crippen molar-refractivity contribution in [3.8, 4) is 0 Å². The Morgan fingerprint density at radius 1 is 0.967 bits per heavy atom. The van der Waals surface area contributed by atoms with Crippen molar-refractivity contribution < 1.29 is 4.79 Å². The first-order chi connectivity index (χ1) is 14.3. The molecule has 0 spiro atoms. The molecule has 1 aliphatic rings. The van der Waals surface area contributed by atoms with E-state index in [-0.39, 0.29) is 18.2 Å². The molecule has 3 heterocycles. The lowest BCUT2D eigenvalue weighted by molar-refractivity contribution is 0.0964. The van der Waals surface area contributed by atoms with Gasteiger partial charge < -0.3 is 4.90 Å². The first-order valence-corrected chi connectivity index (χ1v) is 11.0. The number of anilines is 1. The van der Waals surface area contributed by atoms with E-state index in [2.05, 4.69) is 51.2 Å². The monoisotopic (exact) mass is 437 g/mol. The zero-order valence-electron chi connectivity index (χ0n) is 16.7. The maximum Gasteiger partial charge on any atom is 0.165 e. The first-order valence-electron chi connectivity index (χ1n) is 10.1. The highest BCUT2D eigenvalue weighted by Crippen LogP contribution is 2.27. The molecule has 4 nitrogen and oxygen atoms in total. The van der Waals surface area contributed by atoms with Crippen molar-refractivity contribution in [2.75, 3.05) is 37.6 Å². The van der Waals surface area contributed by atoms with Gasteiger partial charge in [-0.1, -0.05) is 36.4 Å². The van der Waals surface area contributed by atoms with E-state index in [1.54, 1.807) is 11.3 Å². The minimum absolute atomic E-state index is 0. The molecule has 0 N–H and O–H groups in total. The van der Waals surface area contributed by atoms with Crippen LogP contribution in [0.5, 0.6) is 0 Å². The smallest absolute Gasteiger partial charge is 0.165 e. The Bertz CT molecular complexity index is 1160. The molecule has 5 rings (SSSR count). The Morgan fingerprint density at radius 3 is 2.63 bits per heavy atom. The van der Waals surface area contributed by atoms with Crippen molar-refractivity contribution in [1.82, 2.24) is 9.88 Å². The molecule has 30 heavy (non-hydrogen) atoms. The van der Waals surface area contributed by atoms with Crippen molar-refractivity contribution in [2.45, 2.75) is 6.42 Å². The number of ketones is 1. The lowest BCUT2D eigenvalue weighted by Gasteiger charge is -2.36. The third-order valence-corrected chi connectivity index (χ3v) is 6.72. The van der Waals surface area contributed by atoms with Crippen molar-refractivity contribution in [2.24, 2.45) is 0 Å². The zero-order chi connectivity index (χ0) is 19.6. The number of thiophene rings is 1. The quantitative estimate of drug-likeness (QED) is 0.399. The van der Waals surface area contributed by atoms with E-state index in [0.29, 0.717) is 6.42 Å². The fourth-order valence-corrected chi connectivity index (χ4v) is 5.11. The van der Waals surface area contributed by atoms with E-state index in [0.717, 1.165) is 49.2 Å². The molecular formula is C24H24ClN3OS. The third kappa shape index (κ3) is 4.06. The molecule has 0 amide bonds. The van der Waals surface area contributed by atoms with Crippen LogP contribution in [-0.4, -0.2) is 48.4 Å². The SMILES string of the molecule is Cl.O=C(CCN1CCN(c2cccc3cccnc23)CC1)c1csc2ccccc12. The van der Waals surface area contributed by atoms with Gasteiger partial charge in [0.2, 0.25) is 0 Å². The number of pyridine rings is 1. The molecule has 2 aromatic heterocycles. The van der Waals surface area contributed by atoms with Gasteiger partial charge >= 0.3 is 0 Å². The predicted octanol–water partition coefficient (Wildman–Crippen LogP) is 5.27. The van der Waals surface area contributed by atoms with Gasteiger partial charge in [-0.25, -0.2) is 0 Å². The first kappa shape index (κ1) is 20.8. The standard InChI is InChI=1S/C24H23N3OS.ClH/c28-22(20-17-29-23-9-2-1-7-19(20)23)10-12-26-13-15-27(16-14-26)21-8-3-5-18-6-4-11-25-24(18)21;/h1-9,11,17H,10,12-16H2;1H. The minimum atomic E-state index is 0. The highest BCUT2D eigenvalue weighted by Gasteiger charge is 2.20. The summed E-state index contributed by atoms with van der Waals surface area (Å²) in [6, 6.07) is 18.6. The summed E-state index contributed by atoms with van der Waals surface area (Å²) in [4.78, 5) is 22.2. The maximum absolute atomic E-state index is 12.8. The van der Waals surface area contributed by atoms with Crippen LogP contribution in [0.25, 0.3) is 21.0 Å². The number of Topliss-reactive ketones (excluding diaryl/α,β-unsaturated/α-hetero) is 1. The Labute approximate surface area is 186 Å². The highest BCUT2D eigenvalue weighted by atomic mass is 35.5. The largest absolute Gasteiger partial charge is 0.367 e. The van der Waals surface area contributed by atoms with Crippen LogP contribution in [0.2, 0.25) is 0 Å². The van der Waals surface area contributed by atoms with E-state index in [1.165, 1.54) is 15.8 Å². The van der Waals surface area contributed by atoms with Gasteiger partial charge in [-0.3, -0.25) is 14.7 Å². The summed E-state index contributed by atoms with van der Waals surface area (Å²) in [6.45, 7) is 4.70. The van der Waals surface area contributed by atoms with Crippen molar-refractivity contribution in [1.29, 1.82) is 0 Å². The number of nitrogens with zero attached hydrogens (tertiary/aromatic N) is 3. The minimum Gasteiger partial charge on any atom is -0.367 e. The number of fused-ring (bicyclic) bond motifs is 2. The molecule has 0 saturated carbocycles. The van der Waals surface area contributed by atoms with Gasteiger partial charge in [0.05, 0.1) is 11.2 Å². The molecule has 1 aliphatic heterocycles. The molecule has 4 aromatic rings. The summed E-state index contributed by atoms with van der Waals surface area (Å²) in [6.07, 6.45) is 2.44. The van der Waals surface area contributed by atoms with E-state index in [9.17, 15) is 4.79 Å². The van der Waals surface area contributed by atoms with Gasteiger partial charge in [0.25, 0.3) is 0 Å². The van der Waals surface area contributed by atoms with Crippen molar-refractivity contribution in [3.63, 3.8) is 0 Å². The number of piperazine rings is 1. The van der Waals surface area contributed by atoms with E-state index in [4.69, 9.17) is 0 Å². The fraction of sp³-hybridized carbons (Fsp3) is 0.250. The number of rotatable bonds is 5. The molecule has 6 heteroatoms. The second kappa shape index (κ2) is 9.13. The van der Waals surface area contributed by atoms with Gasteiger partial charge in [0.15, 0.2) is 5.78 Å². The van der Waals surface area contributed by atoms with Gasteiger partial charge in [0, 0.05) is 71.8 Å². The molecule has 1 saturated heterocycles. The lowest BCUT2D eigenvalue weighted by Crippen LogP contribution is -2.47. The van der Waals surface area contributed by atoms with Crippen LogP contribution in [0.1, 0.15) is 16.8 Å². The second-order valence-electron chi connectivity index (χ2n) is 7.50. The number of aromatic nitrogens is 1. The number of para-hydroxylation sites is 1. The summed E-state index contributed by atoms with van der Waals surface area (Å²) in [5.74, 6) is 0.253. The average Bonchev–Trinajstić information content (AvgIpc) is 3.22. The Balaban J connectivity index is 0.00000218. The summed E-state index contributed by atoms with van der Waals surface area (Å²) in [5.41, 5.74) is 3.16. The van der Waals surface area contributed by atoms with E-state index < -0.39 is 0 Å². The third-order valence-electron chi connectivity index (χ3n) is 5.76. The molecule has 2 aromatic carbocycles. The summed E-state index contributed by atoms with van der Waals surface area (Å²) < 4.78 is 1.19. The zero-order valence-corrected chi connectivity index (χ0v) is 18.3. The molecular weight excluding hydrogens is 414 g/mol. The maximum atomic E-state index is 12.8. The number of halogens is 1. The normalized spacial score (nSPS) is 14.7. The number of carbonyl (C=O) groups excluding carboxylic acids is 1. The van der Waals surface area contributed by atoms with Gasteiger partial charge in [-0.2, -0.15) is 0 Å². The van der Waals surface area contributed by atoms with Crippen LogP contribution in [-0.2, 0) is 0 Å². The Kier molecular flexibility index (Phi) is 6.32.